The third-order valence-corrected chi connectivity index (χ3v) is 7.50. The molecule has 2 N–H and O–H groups in total. The monoisotopic (exact) mass is 408 g/mol. The predicted octanol–water partition coefficient (Wildman–Crippen LogP) is 4.13. The number of hydrogen-bond donors (Lipinski definition) is 1. The molecule has 5 nitrogen and oxygen atoms in total. The van der Waals surface area contributed by atoms with E-state index in [-0.39, 0.29) is 0 Å². The lowest BCUT2D eigenvalue weighted by molar-refractivity contribution is 0.414. The summed E-state index contributed by atoms with van der Waals surface area (Å²) in [5.74, 6) is 1.22. The van der Waals surface area contributed by atoms with Crippen LogP contribution in [0.1, 0.15) is 22.8 Å². The van der Waals surface area contributed by atoms with Gasteiger partial charge < -0.3 is 4.74 Å². The van der Waals surface area contributed by atoms with Gasteiger partial charge in [0.15, 0.2) is 4.34 Å². The molecular formula is C18H20N2O3S3. The maximum Gasteiger partial charge on any atom is 0.216 e. The van der Waals surface area contributed by atoms with E-state index >= 15 is 0 Å². The van der Waals surface area contributed by atoms with Gasteiger partial charge in [-0.1, -0.05) is 30.0 Å². The molecule has 138 valence electrons. The number of ether oxygens (including phenoxy) is 1. The summed E-state index contributed by atoms with van der Waals surface area (Å²) in [7, 11) is -2.16. The highest BCUT2D eigenvalue weighted by Crippen LogP contribution is 2.33. The van der Waals surface area contributed by atoms with Crippen LogP contribution in [0.2, 0.25) is 0 Å². The number of thioether (sulfide) groups is 1. The first-order valence-electron chi connectivity index (χ1n) is 8.02. The van der Waals surface area contributed by atoms with E-state index in [2.05, 4.69) is 23.2 Å². The van der Waals surface area contributed by atoms with Gasteiger partial charge in [-0.3, -0.25) is 0 Å². The van der Waals surface area contributed by atoms with Gasteiger partial charge in [-0.15, -0.1) is 11.3 Å². The first-order chi connectivity index (χ1) is 12.4. The zero-order valence-electron chi connectivity index (χ0n) is 14.5. The second-order valence-electron chi connectivity index (χ2n) is 5.94. The van der Waals surface area contributed by atoms with Crippen molar-refractivity contribution in [2.75, 3.05) is 12.9 Å². The summed E-state index contributed by atoms with van der Waals surface area (Å²) in [6, 6.07) is 13.2. The minimum atomic E-state index is -3.71. The second kappa shape index (κ2) is 7.96. The summed E-state index contributed by atoms with van der Waals surface area (Å²) in [5.41, 5.74) is 2.80. The minimum Gasteiger partial charge on any atom is -0.497 e. The Morgan fingerprint density at radius 2 is 2.08 bits per heavy atom. The molecule has 1 heterocycles. The van der Waals surface area contributed by atoms with Crippen LogP contribution in [0, 0.1) is 6.92 Å². The maximum absolute atomic E-state index is 12.1. The smallest absolute Gasteiger partial charge is 0.216 e. The third kappa shape index (κ3) is 4.56. The highest BCUT2D eigenvalue weighted by molar-refractivity contribution is 8.01. The number of nitrogens with two attached hydrogens (primary N) is 1. The molecule has 0 saturated heterocycles. The fourth-order valence-electron chi connectivity index (χ4n) is 2.69. The minimum absolute atomic E-state index is 0.408. The van der Waals surface area contributed by atoms with Crippen LogP contribution < -0.4 is 9.88 Å². The molecule has 0 fully saturated rings. The van der Waals surface area contributed by atoms with E-state index in [1.165, 1.54) is 5.56 Å². The van der Waals surface area contributed by atoms with Crippen molar-refractivity contribution in [3.8, 4) is 5.75 Å². The van der Waals surface area contributed by atoms with Crippen molar-refractivity contribution in [2.45, 2.75) is 22.9 Å². The second-order valence-corrected chi connectivity index (χ2v) is 10.1. The Hall–Kier alpha value is -1.61. The molecule has 0 radical (unpaired) electrons. The standard InChI is InChI=1S/C18H20N2O3S3/c1-12-6-7-16-15(10-12)20-18(25-16)24-9-8-17(26(19,21)22)13-4-3-5-14(11-13)23-2/h3-7,10-11,17H,8-9H2,1-2H3,(H2,19,21,22). The molecule has 1 atom stereocenters. The summed E-state index contributed by atoms with van der Waals surface area (Å²) in [6.07, 6.45) is 0.408. The number of hydrogen-bond acceptors (Lipinski definition) is 6. The van der Waals surface area contributed by atoms with Crippen molar-refractivity contribution < 1.29 is 13.2 Å². The normalized spacial score (nSPS) is 13.0. The molecule has 3 aromatic rings. The number of fused-ring (bicyclic) bond motifs is 1. The molecule has 0 bridgehead atoms. The van der Waals surface area contributed by atoms with Gasteiger partial charge in [-0.05, 0) is 48.7 Å². The fourth-order valence-corrected chi connectivity index (χ4v) is 5.94. The predicted molar refractivity (Wildman–Crippen MR) is 109 cm³/mol. The first kappa shape index (κ1) is 19.2. The lowest BCUT2D eigenvalue weighted by Crippen LogP contribution is -2.22. The Morgan fingerprint density at radius 1 is 1.27 bits per heavy atom. The van der Waals surface area contributed by atoms with E-state index in [4.69, 9.17) is 9.88 Å². The van der Waals surface area contributed by atoms with Crippen molar-refractivity contribution in [2.24, 2.45) is 5.14 Å². The van der Waals surface area contributed by atoms with E-state index in [0.29, 0.717) is 23.5 Å². The number of aryl methyl sites for hydroxylation is 1. The Bertz CT molecular complexity index is 1020. The molecule has 0 aliphatic carbocycles. The molecule has 0 aliphatic heterocycles. The summed E-state index contributed by atoms with van der Waals surface area (Å²) < 4.78 is 31.4. The number of primary sulfonamides is 1. The van der Waals surface area contributed by atoms with Crippen molar-refractivity contribution in [3.05, 3.63) is 53.6 Å². The van der Waals surface area contributed by atoms with Crippen LogP contribution in [0.15, 0.2) is 46.8 Å². The quantitative estimate of drug-likeness (QED) is 0.595. The zero-order valence-corrected chi connectivity index (χ0v) is 17.0. The largest absolute Gasteiger partial charge is 0.497 e. The first-order valence-corrected chi connectivity index (χ1v) is 11.4. The Morgan fingerprint density at radius 3 is 2.81 bits per heavy atom. The average Bonchev–Trinajstić information content (AvgIpc) is 2.99. The van der Waals surface area contributed by atoms with Gasteiger partial charge in [-0.2, -0.15) is 0 Å². The van der Waals surface area contributed by atoms with Crippen LogP contribution in [-0.4, -0.2) is 26.3 Å². The number of benzene rings is 2. The van der Waals surface area contributed by atoms with Crippen LogP contribution in [0.25, 0.3) is 10.2 Å². The van der Waals surface area contributed by atoms with Gasteiger partial charge >= 0.3 is 0 Å². The number of sulfonamides is 1. The topological polar surface area (TPSA) is 82.3 Å². The highest BCUT2D eigenvalue weighted by Gasteiger charge is 2.24. The van der Waals surface area contributed by atoms with E-state index in [9.17, 15) is 8.42 Å². The SMILES string of the molecule is COc1cccc(C(CCSc2nc3cc(C)ccc3s2)S(N)(=O)=O)c1. The molecule has 1 aromatic heterocycles. The highest BCUT2D eigenvalue weighted by atomic mass is 32.2. The van der Waals surface area contributed by atoms with Gasteiger partial charge in [0.05, 0.1) is 17.3 Å². The van der Waals surface area contributed by atoms with Gasteiger partial charge in [0.1, 0.15) is 11.0 Å². The average molecular weight is 409 g/mol. The molecule has 3 rings (SSSR count). The lowest BCUT2D eigenvalue weighted by Gasteiger charge is -2.15. The molecule has 0 saturated carbocycles. The Labute approximate surface area is 161 Å². The van der Waals surface area contributed by atoms with Crippen molar-refractivity contribution in [1.82, 2.24) is 4.98 Å². The summed E-state index contributed by atoms with van der Waals surface area (Å²) in [6.45, 7) is 2.04. The summed E-state index contributed by atoms with van der Waals surface area (Å²) >= 11 is 3.18. The Balaban J connectivity index is 1.73. The fraction of sp³-hybridized carbons (Fsp3) is 0.278. The van der Waals surface area contributed by atoms with Gasteiger partial charge in [0.25, 0.3) is 0 Å². The molecular weight excluding hydrogens is 388 g/mol. The van der Waals surface area contributed by atoms with Crippen LogP contribution in [0.3, 0.4) is 0 Å². The van der Waals surface area contributed by atoms with Crippen molar-refractivity contribution in [1.29, 1.82) is 0 Å². The summed E-state index contributed by atoms with van der Waals surface area (Å²) in [4.78, 5) is 4.61. The maximum atomic E-state index is 12.1. The third-order valence-electron chi connectivity index (χ3n) is 3.99. The molecule has 26 heavy (non-hydrogen) atoms. The van der Waals surface area contributed by atoms with Gasteiger partial charge in [0.2, 0.25) is 10.0 Å². The van der Waals surface area contributed by atoms with Gasteiger partial charge in [-0.25, -0.2) is 18.5 Å². The number of rotatable bonds is 7. The molecule has 0 amide bonds. The van der Waals surface area contributed by atoms with Gasteiger partial charge in [0, 0.05) is 5.75 Å². The van der Waals surface area contributed by atoms with Crippen LogP contribution >= 0.6 is 23.1 Å². The number of nitrogens with zero attached hydrogens (tertiary/aromatic N) is 1. The van der Waals surface area contributed by atoms with Crippen LogP contribution in [0.5, 0.6) is 5.75 Å². The van der Waals surface area contributed by atoms with E-state index in [1.54, 1.807) is 54.5 Å². The number of aromatic nitrogens is 1. The van der Waals surface area contributed by atoms with E-state index in [1.807, 2.05) is 6.92 Å². The lowest BCUT2D eigenvalue weighted by atomic mass is 10.1. The van der Waals surface area contributed by atoms with E-state index in [0.717, 1.165) is 14.6 Å². The van der Waals surface area contributed by atoms with Crippen molar-refractivity contribution in [3.63, 3.8) is 0 Å². The van der Waals surface area contributed by atoms with Crippen molar-refractivity contribution >= 4 is 43.3 Å². The molecule has 0 aliphatic rings. The van der Waals surface area contributed by atoms with E-state index < -0.39 is 15.3 Å². The molecule has 2 aromatic carbocycles. The molecule has 0 spiro atoms. The number of methoxy groups -OCH3 is 1. The molecule has 1 unspecified atom stereocenters. The van der Waals surface area contributed by atoms with Crippen LogP contribution in [0.4, 0.5) is 0 Å². The molecule has 8 heteroatoms. The zero-order chi connectivity index (χ0) is 18.7. The number of thiazole rings is 1. The Kier molecular flexibility index (Phi) is 5.86. The summed E-state index contributed by atoms with van der Waals surface area (Å²) in [5, 5.41) is 4.71. The van der Waals surface area contributed by atoms with Crippen LogP contribution in [-0.2, 0) is 10.0 Å².